The maximum Gasteiger partial charge on any atom is 0.143 e. The van der Waals surface area contributed by atoms with Crippen molar-refractivity contribution in [2.24, 2.45) is 11.0 Å². The van der Waals surface area contributed by atoms with E-state index in [2.05, 4.69) is 17.5 Å². The first-order chi connectivity index (χ1) is 7.31. The second-order valence-electron chi connectivity index (χ2n) is 3.87. The number of benzene rings is 1. The van der Waals surface area contributed by atoms with Gasteiger partial charge in [0.2, 0.25) is 0 Å². The van der Waals surface area contributed by atoms with Gasteiger partial charge < -0.3 is 4.79 Å². The average molecular weight is 202 g/mol. The van der Waals surface area contributed by atoms with Crippen molar-refractivity contribution in [1.29, 1.82) is 0 Å². The van der Waals surface area contributed by atoms with Gasteiger partial charge in [-0.1, -0.05) is 37.3 Å². The van der Waals surface area contributed by atoms with Gasteiger partial charge in [0.25, 0.3) is 0 Å². The summed E-state index contributed by atoms with van der Waals surface area (Å²) in [7, 11) is 0. The van der Waals surface area contributed by atoms with Crippen LogP contribution in [0.15, 0.2) is 35.4 Å². The molecule has 1 aliphatic rings. The first kappa shape index (κ1) is 9.90. The number of hydrogen-bond acceptors (Lipinski definition) is 3. The van der Waals surface area contributed by atoms with Gasteiger partial charge in [-0.05, 0) is 12.0 Å². The lowest BCUT2D eigenvalue weighted by Gasteiger charge is -2.24. The van der Waals surface area contributed by atoms with Crippen molar-refractivity contribution in [2.75, 3.05) is 0 Å². The van der Waals surface area contributed by atoms with E-state index in [1.54, 1.807) is 0 Å². The van der Waals surface area contributed by atoms with E-state index in [1.165, 1.54) is 0 Å². The Morgan fingerprint density at radius 2 is 2.13 bits per heavy atom. The molecule has 1 N–H and O–H groups in total. The molecular formula is C12H14N2O. The maximum absolute atomic E-state index is 10.6. The Bertz CT molecular complexity index is 372. The molecule has 0 spiro atoms. The molecule has 2 unspecified atom stereocenters. The van der Waals surface area contributed by atoms with Crippen LogP contribution in [0.2, 0.25) is 0 Å². The molecule has 2 rings (SSSR count). The van der Waals surface area contributed by atoms with E-state index >= 15 is 0 Å². The van der Waals surface area contributed by atoms with Crippen molar-refractivity contribution in [2.45, 2.75) is 19.4 Å². The minimum Gasteiger partial charge on any atom is -0.301 e. The number of rotatable bonds is 2. The van der Waals surface area contributed by atoms with Gasteiger partial charge in [0.1, 0.15) is 6.29 Å². The fraction of sp³-hybridized carbons (Fsp3) is 0.333. The number of hydrazone groups is 1. The van der Waals surface area contributed by atoms with Crippen molar-refractivity contribution in [1.82, 2.24) is 5.43 Å². The van der Waals surface area contributed by atoms with Crippen molar-refractivity contribution >= 4 is 12.0 Å². The highest BCUT2D eigenvalue weighted by molar-refractivity contribution is 6.02. The molecule has 2 atom stereocenters. The summed E-state index contributed by atoms with van der Waals surface area (Å²) in [6, 6.07) is 9.93. The van der Waals surface area contributed by atoms with Gasteiger partial charge in [0.15, 0.2) is 0 Å². The fourth-order valence-corrected chi connectivity index (χ4v) is 1.85. The van der Waals surface area contributed by atoms with E-state index in [0.29, 0.717) is 5.92 Å². The van der Waals surface area contributed by atoms with Crippen LogP contribution in [0.25, 0.3) is 0 Å². The standard InChI is InChI=1S/C12H14N2O/c1-9-7-11(8-15)13-14-12(9)10-5-3-2-4-6-10/h2-6,8-9,11,13H,7H2,1H3. The Hall–Kier alpha value is -1.64. The van der Waals surface area contributed by atoms with Gasteiger partial charge in [-0.2, -0.15) is 5.10 Å². The quantitative estimate of drug-likeness (QED) is 0.740. The second kappa shape index (κ2) is 4.26. The second-order valence-corrected chi connectivity index (χ2v) is 3.87. The molecule has 1 aromatic carbocycles. The largest absolute Gasteiger partial charge is 0.301 e. The summed E-state index contributed by atoms with van der Waals surface area (Å²) in [6.07, 6.45) is 1.74. The molecule has 1 aromatic rings. The van der Waals surface area contributed by atoms with Crippen LogP contribution in [0.4, 0.5) is 0 Å². The third kappa shape index (κ3) is 2.06. The van der Waals surface area contributed by atoms with Gasteiger partial charge >= 0.3 is 0 Å². The highest BCUT2D eigenvalue weighted by Gasteiger charge is 2.22. The normalized spacial score (nSPS) is 25.3. The smallest absolute Gasteiger partial charge is 0.143 e. The molecule has 78 valence electrons. The van der Waals surface area contributed by atoms with Crippen LogP contribution < -0.4 is 5.43 Å². The number of aldehydes is 1. The number of nitrogens with one attached hydrogen (secondary N) is 1. The first-order valence-electron chi connectivity index (χ1n) is 5.15. The maximum atomic E-state index is 10.6. The summed E-state index contributed by atoms with van der Waals surface area (Å²) in [5, 5.41) is 4.27. The lowest BCUT2D eigenvalue weighted by molar-refractivity contribution is -0.109. The van der Waals surface area contributed by atoms with E-state index in [-0.39, 0.29) is 6.04 Å². The monoisotopic (exact) mass is 202 g/mol. The third-order valence-electron chi connectivity index (χ3n) is 2.66. The predicted octanol–water partition coefficient (Wildman–Crippen LogP) is 1.59. The highest BCUT2D eigenvalue weighted by atomic mass is 16.1. The molecule has 0 saturated carbocycles. The summed E-state index contributed by atoms with van der Waals surface area (Å²) in [6.45, 7) is 2.10. The van der Waals surface area contributed by atoms with Crippen LogP contribution >= 0.6 is 0 Å². The zero-order chi connectivity index (χ0) is 10.7. The lowest BCUT2D eigenvalue weighted by Crippen LogP contribution is -2.37. The topological polar surface area (TPSA) is 41.5 Å². The number of carbonyl (C=O) groups excluding carboxylic acids is 1. The van der Waals surface area contributed by atoms with Crippen LogP contribution in [0.1, 0.15) is 18.9 Å². The first-order valence-corrected chi connectivity index (χ1v) is 5.15. The van der Waals surface area contributed by atoms with Gasteiger partial charge in [-0.15, -0.1) is 0 Å². The minimum atomic E-state index is -0.132. The summed E-state index contributed by atoms with van der Waals surface area (Å²) in [4.78, 5) is 10.6. The lowest BCUT2D eigenvalue weighted by atomic mass is 9.91. The zero-order valence-electron chi connectivity index (χ0n) is 8.68. The predicted molar refractivity (Wildman–Crippen MR) is 59.7 cm³/mol. The molecule has 0 bridgehead atoms. The van der Waals surface area contributed by atoms with E-state index in [0.717, 1.165) is 24.0 Å². The number of nitrogens with zero attached hydrogens (tertiary/aromatic N) is 1. The molecule has 0 aromatic heterocycles. The van der Waals surface area contributed by atoms with Crippen LogP contribution in [-0.2, 0) is 4.79 Å². The molecule has 0 amide bonds. The number of carbonyl (C=O) groups is 1. The van der Waals surface area contributed by atoms with Gasteiger partial charge in [0.05, 0.1) is 11.8 Å². The van der Waals surface area contributed by atoms with E-state index in [9.17, 15) is 4.79 Å². The molecule has 15 heavy (non-hydrogen) atoms. The SMILES string of the molecule is CC1CC(C=O)NN=C1c1ccccc1. The average Bonchev–Trinajstić information content (AvgIpc) is 2.30. The third-order valence-corrected chi connectivity index (χ3v) is 2.66. The van der Waals surface area contributed by atoms with Gasteiger partial charge in [0, 0.05) is 5.92 Å². The van der Waals surface area contributed by atoms with E-state index in [4.69, 9.17) is 0 Å². The summed E-state index contributed by atoms with van der Waals surface area (Å²) in [5.74, 6) is 0.323. The molecule has 0 aliphatic carbocycles. The molecular weight excluding hydrogens is 188 g/mol. The minimum absolute atomic E-state index is 0.132. The van der Waals surface area contributed by atoms with Crippen molar-refractivity contribution in [3.63, 3.8) is 0 Å². The van der Waals surface area contributed by atoms with Gasteiger partial charge in [-0.25, -0.2) is 0 Å². The summed E-state index contributed by atoms with van der Waals surface area (Å²) < 4.78 is 0. The number of hydrogen-bond donors (Lipinski definition) is 1. The van der Waals surface area contributed by atoms with Crippen LogP contribution in [0, 0.1) is 5.92 Å². The Morgan fingerprint density at radius 1 is 1.40 bits per heavy atom. The molecule has 3 nitrogen and oxygen atoms in total. The molecule has 1 heterocycles. The Balaban J connectivity index is 2.24. The fourth-order valence-electron chi connectivity index (χ4n) is 1.85. The van der Waals surface area contributed by atoms with E-state index < -0.39 is 0 Å². The van der Waals surface area contributed by atoms with Crippen molar-refractivity contribution in [3.8, 4) is 0 Å². The molecule has 1 aliphatic heterocycles. The van der Waals surface area contributed by atoms with Crippen molar-refractivity contribution < 1.29 is 4.79 Å². The summed E-state index contributed by atoms with van der Waals surface area (Å²) in [5.41, 5.74) is 5.03. The summed E-state index contributed by atoms with van der Waals surface area (Å²) >= 11 is 0. The Labute approximate surface area is 89.2 Å². The van der Waals surface area contributed by atoms with E-state index in [1.807, 2.05) is 30.3 Å². The molecule has 0 fully saturated rings. The van der Waals surface area contributed by atoms with Crippen LogP contribution in [-0.4, -0.2) is 18.0 Å². The molecule has 3 heteroatoms. The zero-order valence-corrected chi connectivity index (χ0v) is 8.68. The van der Waals surface area contributed by atoms with Gasteiger partial charge in [-0.3, -0.25) is 5.43 Å². The van der Waals surface area contributed by atoms with Crippen LogP contribution in [0.3, 0.4) is 0 Å². The Kier molecular flexibility index (Phi) is 2.81. The van der Waals surface area contributed by atoms with Crippen molar-refractivity contribution in [3.05, 3.63) is 35.9 Å². The molecule has 0 saturated heterocycles. The highest BCUT2D eigenvalue weighted by Crippen LogP contribution is 2.17. The Morgan fingerprint density at radius 3 is 2.73 bits per heavy atom. The molecule has 0 radical (unpaired) electrons. The van der Waals surface area contributed by atoms with Crippen LogP contribution in [0.5, 0.6) is 0 Å².